The van der Waals surface area contributed by atoms with Gasteiger partial charge in [0.05, 0.1) is 10.3 Å². The maximum Gasteiger partial charge on any atom is 0.294 e. The van der Waals surface area contributed by atoms with Crippen LogP contribution in [0.5, 0.6) is 0 Å². The number of aryl methyl sites for hydroxylation is 1. The molecule has 0 aliphatic carbocycles. The SMILES string of the molecule is Cc1ccsc1-c1n[nH]c(=O)c2nocc12. The summed E-state index contributed by atoms with van der Waals surface area (Å²) in [6, 6.07) is 2.01. The second-order valence-corrected chi connectivity index (χ2v) is 4.33. The summed E-state index contributed by atoms with van der Waals surface area (Å²) in [6.45, 7) is 2.00. The normalized spacial score (nSPS) is 11.1. The summed E-state index contributed by atoms with van der Waals surface area (Å²) in [5, 5.41) is 12.8. The fourth-order valence-corrected chi connectivity index (χ4v) is 2.51. The van der Waals surface area contributed by atoms with Crippen molar-refractivity contribution in [3.05, 3.63) is 33.6 Å². The Bertz CT molecular complexity index is 710. The highest BCUT2D eigenvalue weighted by molar-refractivity contribution is 7.13. The molecular formula is C10H7N3O2S. The van der Waals surface area contributed by atoms with Crippen molar-refractivity contribution in [1.82, 2.24) is 15.4 Å². The van der Waals surface area contributed by atoms with E-state index >= 15 is 0 Å². The van der Waals surface area contributed by atoms with Crippen LogP contribution in [0.1, 0.15) is 5.56 Å². The first-order valence-electron chi connectivity index (χ1n) is 4.64. The van der Waals surface area contributed by atoms with Gasteiger partial charge in [-0.05, 0) is 23.9 Å². The summed E-state index contributed by atoms with van der Waals surface area (Å²) < 4.78 is 4.82. The van der Waals surface area contributed by atoms with Gasteiger partial charge in [0.2, 0.25) is 0 Å². The Balaban J connectivity index is 2.41. The lowest BCUT2D eigenvalue weighted by molar-refractivity contribution is 0.428. The van der Waals surface area contributed by atoms with Crippen molar-refractivity contribution in [3.63, 3.8) is 0 Å². The molecule has 0 radical (unpaired) electrons. The third-order valence-electron chi connectivity index (χ3n) is 2.39. The summed E-state index contributed by atoms with van der Waals surface area (Å²) >= 11 is 1.57. The lowest BCUT2D eigenvalue weighted by Crippen LogP contribution is -2.08. The molecule has 0 bridgehead atoms. The second kappa shape index (κ2) is 3.28. The van der Waals surface area contributed by atoms with Gasteiger partial charge in [0.15, 0.2) is 5.52 Å². The van der Waals surface area contributed by atoms with Crippen LogP contribution in [0.3, 0.4) is 0 Å². The molecule has 16 heavy (non-hydrogen) atoms. The molecule has 0 aliphatic rings. The molecule has 5 nitrogen and oxygen atoms in total. The van der Waals surface area contributed by atoms with Crippen molar-refractivity contribution in [2.24, 2.45) is 0 Å². The molecule has 3 aromatic rings. The molecular weight excluding hydrogens is 226 g/mol. The topological polar surface area (TPSA) is 71.8 Å². The van der Waals surface area contributed by atoms with Crippen molar-refractivity contribution in [3.8, 4) is 10.6 Å². The molecule has 3 rings (SSSR count). The number of thiophene rings is 1. The van der Waals surface area contributed by atoms with E-state index in [0.717, 1.165) is 10.4 Å². The Hall–Kier alpha value is -1.95. The number of hydrogen-bond acceptors (Lipinski definition) is 5. The van der Waals surface area contributed by atoms with E-state index in [4.69, 9.17) is 4.52 Å². The number of aromatic nitrogens is 3. The van der Waals surface area contributed by atoms with E-state index in [0.29, 0.717) is 11.1 Å². The Morgan fingerprint density at radius 3 is 3.12 bits per heavy atom. The molecule has 1 N–H and O–H groups in total. The number of aromatic amines is 1. The van der Waals surface area contributed by atoms with E-state index in [-0.39, 0.29) is 11.1 Å². The molecule has 3 aromatic heterocycles. The molecule has 3 heterocycles. The van der Waals surface area contributed by atoms with E-state index in [2.05, 4.69) is 15.4 Å². The molecule has 0 unspecified atom stereocenters. The van der Waals surface area contributed by atoms with Crippen LogP contribution in [0.2, 0.25) is 0 Å². The Kier molecular flexibility index (Phi) is 1.90. The molecule has 0 aromatic carbocycles. The van der Waals surface area contributed by atoms with Crippen molar-refractivity contribution < 1.29 is 4.52 Å². The minimum absolute atomic E-state index is 0.290. The van der Waals surface area contributed by atoms with Crippen LogP contribution in [-0.4, -0.2) is 15.4 Å². The average Bonchev–Trinajstić information content (AvgIpc) is 2.88. The highest BCUT2D eigenvalue weighted by Crippen LogP contribution is 2.30. The quantitative estimate of drug-likeness (QED) is 0.697. The van der Waals surface area contributed by atoms with Gasteiger partial charge in [-0.3, -0.25) is 4.79 Å². The molecule has 6 heteroatoms. The van der Waals surface area contributed by atoms with E-state index in [1.54, 1.807) is 11.3 Å². The van der Waals surface area contributed by atoms with Crippen LogP contribution < -0.4 is 5.56 Å². The van der Waals surface area contributed by atoms with E-state index < -0.39 is 0 Å². The zero-order valence-electron chi connectivity index (χ0n) is 8.35. The van der Waals surface area contributed by atoms with Crippen molar-refractivity contribution >= 4 is 22.2 Å². The van der Waals surface area contributed by atoms with Gasteiger partial charge in [-0.15, -0.1) is 11.3 Å². The maximum absolute atomic E-state index is 11.4. The van der Waals surface area contributed by atoms with E-state index in [1.165, 1.54) is 6.26 Å². The minimum Gasteiger partial charge on any atom is -0.363 e. The number of H-pyrrole nitrogens is 1. The molecule has 0 atom stereocenters. The molecule has 0 saturated carbocycles. The lowest BCUT2D eigenvalue weighted by atomic mass is 10.2. The fraction of sp³-hybridized carbons (Fsp3) is 0.100. The van der Waals surface area contributed by atoms with Gasteiger partial charge >= 0.3 is 0 Å². The summed E-state index contributed by atoms with van der Waals surface area (Å²) in [4.78, 5) is 12.4. The highest BCUT2D eigenvalue weighted by Gasteiger charge is 2.14. The predicted octanol–water partition coefficient (Wildman–Crippen LogP) is 1.95. The van der Waals surface area contributed by atoms with Crippen molar-refractivity contribution in [1.29, 1.82) is 0 Å². The summed E-state index contributed by atoms with van der Waals surface area (Å²) in [6.07, 6.45) is 1.45. The van der Waals surface area contributed by atoms with Crippen LogP contribution in [0.4, 0.5) is 0 Å². The van der Waals surface area contributed by atoms with Crippen LogP contribution in [0.25, 0.3) is 21.5 Å². The average molecular weight is 233 g/mol. The van der Waals surface area contributed by atoms with Gasteiger partial charge < -0.3 is 4.52 Å². The Morgan fingerprint density at radius 1 is 1.50 bits per heavy atom. The fourth-order valence-electron chi connectivity index (χ4n) is 1.58. The number of hydrogen-bond donors (Lipinski definition) is 1. The van der Waals surface area contributed by atoms with Crippen molar-refractivity contribution in [2.75, 3.05) is 0 Å². The minimum atomic E-state index is -0.332. The van der Waals surface area contributed by atoms with Gasteiger partial charge in [-0.2, -0.15) is 5.10 Å². The first kappa shape index (κ1) is 9.29. The zero-order valence-corrected chi connectivity index (χ0v) is 9.17. The summed E-state index contributed by atoms with van der Waals surface area (Å²) in [5.74, 6) is 0. The van der Waals surface area contributed by atoms with Gasteiger partial charge in [0, 0.05) is 0 Å². The van der Waals surface area contributed by atoms with E-state index in [1.807, 2.05) is 18.4 Å². The van der Waals surface area contributed by atoms with Crippen LogP contribution >= 0.6 is 11.3 Å². The largest absolute Gasteiger partial charge is 0.363 e. The lowest BCUT2D eigenvalue weighted by Gasteiger charge is -1.98. The molecule has 0 aliphatic heterocycles. The smallest absolute Gasteiger partial charge is 0.294 e. The standard InChI is InChI=1S/C10H7N3O2S/c1-5-2-3-16-9(5)7-6-4-15-13-8(6)10(14)12-11-7/h2-4H,1H3,(H,12,14). The zero-order chi connectivity index (χ0) is 11.1. The molecule has 0 fully saturated rings. The summed E-state index contributed by atoms with van der Waals surface area (Å²) in [7, 11) is 0. The number of nitrogens with one attached hydrogen (secondary N) is 1. The third kappa shape index (κ3) is 1.20. The highest BCUT2D eigenvalue weighted by atomic mass is 32.1. The second-order valence-electron chi connectivity index (χ2n) is 3.41. The van der Waals surface area contributed by atoms with E-state index in [9.17, 15) is 4.79 Å². The first-order chi connectivity index (χ1) is 7.77. The van der Waals surface area contributed by atoms with Crippen LogP contribution in [0.15, 0.2) is 27.0 Å². The summed E-state index contributed by atoms with van der Waals surface area (Å²) in [5.41, 5.74) is 1.79. The molecule has 0 saturated heterocycles. The molecule has 80 valence electrons. The molecule has 0 spiro atoms. The monoisotopic (exact) mass is 233 g/mol. The maximum atomic E-state index is 11.4. The van der Waals surface area contributed by atoms with Crippen LogP contribution in [-0.2, 0) is 0 Å². The van der Waals surface area contributed by atoms with Crippen LogP contribution in [0, 0.1) is 6.92 Å². The van der Waals surface area contributed by atoms with Crippen molar-refractivity contribution in [2.45, 2.75) is 6.92 Å². The number of fused-ring (bicyclic) bond motifs is 1. The predicted molar refractivity (Wildman–Crippen MR) is 60.5 cm³/mol. The van der Waals surface area contributed by atoms with Gasteiger partial charge in [0.1, 0.15) is 12.0 Å². The molecule has 0 amide bonds. The third-order valence-corrected chi connectivity index (χ3v) is 3.41. The van der Waals surface area contributed by atoms with Gasteiger partial charge in [-0.25, -0.2) is 5.10 Å². The number of rotatable bonds is 1. The van der Waals surface area contributed by atoms with Gasteiger partial charge in [-0.1, -0.05) is 5.16 Å². The number of nitrogens with zero attached hydrogens (tertiary/aromatic N) is 2. The Morgan fingerprint density at radius 2 is 2.38 bits per heavy atom. The first-order valence-corrected chi connectivity index (χ1v) is 5.52. The van der Waals surface area contributed by atoms with Gasteiger partial charge in [0.25, 0.3) is 5.56 Å². The Labute approximate surface area is 93.7 Å².